The van der Waals surface area contributed by atoms with Gasteiger partial charge in [-0.25, -0.2) is 0 Å². The first-order chi connectivity index (χ1) is 15.8. The Bertz CT molecular complexity index is 1010. The minimum absolute atomic E-state index is 0.00933. The molecule has 1 atom stereocenters. The third-order valence-corrected chi connectivity index (χ3v) is 5.80. The van der Waals surface area contributed by atoms with Crippen LogP contribution in [0.2, 0.25) is 0 Å². The molecule has 0 aliphatic carbocycles. The van der Waals surface area contributed by atoms with Crippen molar-refractivity contribution >= 4 is 17.4 Å². The molecule has 1 aliphatic rings. The number of amides is 1. The number of hydrogen-bond acceptors (Lipinski definition) is 6. The second-order valence-electron chi connectivity index (χ2n) is 8.30. The highest BCUT2D eigenvalue weighted by atomic mass is 16.5. The summed E-state index contributed by atoms with van der Waals surface area (Å²) in [6.07, 6.45) is 0.00933. The second kappa shape index (κ2) is 10.5. The van der Waals surface area contributed by atoms with Crippen LogP contribution in [0.15, 0.2) is 54.1 Å². The van der Waals surface area contributed by atoms with E-state index in [0.717, 1.165) is 13.1 Å². The molecule has 176 valence electrons. The van der Waals surface area contributed by atoms with Crippen molar-refractivity contribution in [2.45, 2.75) is 39.8 Å². The molecule has 1 amide bonds. The van der Waals surface area contributed by atoms with Crippen LogP contribution in [0.3, 0.4) is 0 Å². The summed E-state index contributed by atoms with van der Waals surface area (Å²) >= 11 is 0. The van der Waals surface area contributed by atoms with Crippen LogP contribution in [0.4, 0.5) is 0 Å². The van der Waals surface area contributed by atoms with E-state index in [2.05, 4.69) is 4.90 Å². The van der Waals surface area contributed by atoms with Crippen LogP contribution < -0.4 is 4.74 Å². The minimum Gasteiger partial charge on any atom is -0.508 e. The number of benzene rings is 2. The van der Waals surface area contributed by atoms with Gasteiger partial charge < -0.3 is 24.7 Å². The van der Waals surface area contributed by atoms with Gasteiger partial charge in [0.05, 0.1) is 17.7 Å². The maximum atomic E-state index is 13.1. The maximum absolute atomic E-state index is 13.1. The van der Waals surface area contributed by atoms with Crippen LogP contribution >= 0.6 is 0 Å². The van der Waals surface area contributed by atoms with Crippen molar-refractivity contribution in [3.05, 3.63) is 65.2 Å². The SMILES string of the molecule is CCN(CC)CCN1C(=O)C(=O)/C(=C(/O)c2ccc(OC(C)C)cc2)[C@H]1c1ccc(O)cc1. The van der Waals surface area contributed by atoms with Crippen LogP contribution in [0.5, 0.6) is 11.5 Å². The van der Waals surface area contributed by atoms with Crippen LogP contribution in [-0.2, 0) is 9.59 Å². The number of aromatic hydroxyl groups is 1. The molecule has 7 heteroatoms. The van der Waals surface area contributed by atoms with E-state index in [-0.39, 0.29) is 23.2 Å². The zero-order valence-electron chi connectivity index (χ0n) is 19.6. The number of carbonyl (C=O) groups is 2. The van der Waals surface area contributed by atoms with E-state index in [0.29, 0.717) is 30.0 Å². The lowest BCUT2D eigenvalue weighted by molar-refractivity contribution is -0.140. The number of likely N-dealkylation sites (N-methyl/N-ethyl adjacent to an activating group) is 1. The summed E-state index contributed by atoms with van der Waals surface area (Å²) < 4.78 is 5.65. The highest BCUT2D eigenvalue weighted by Gasteiger charge is 2.45. The van der Waals surface area contributed by atoms with Crippen molar-refractivity contribution in [3.8, 4) is 11.5 Å². The quantitative estimate of drug-likeness (QED) is 0.340. The molecule has 0 saturated carbocycles. The van der Waals surface area contributed by atoms with Gasteiger partial charge in [0.25, 0.3) is 11.7 Å². The van der Waals surface area contributed by atoms with Crippen LogP contribution in [0.25, 0.3) is 5.76 Å². The number of carbonyl (C=O) groups excluding carboxylic acids is 2. The molecule has 1 aliphatic heterocycles. The van der Waals surface area contributed by atoms with Gasteiger partial charge in [-0.2, -0.15) is 0 Å². The summed E-state index contributed by atoms with van der Waals surface area (Å²) in [5.41, 5.74) is 1.12. The molecule has 3 rings (SSSR count). The average molecular weight is 453 g/mol. The Morgan fingerprint density at radius 1 is 1.03 bits per heavy atom. The van der Waals surface area contributed by atoms with E-state index >= 15 is 0 Å². The predicted molar refractivity (Wildman–Crippen MR) is 127 cm³/mol. The number of likely N-dealkylation sites (tertiary alicyclic amines) is 1. The molecule has 0 bridgehead atoms. The largest absolute Gasteiger partial charge is 0.508 e. The first-order valence-electron chi connectivity index (χ1n) is 11.3. The van der Waals surface area contributed by atoms with Crippen molar-refractivity contribution in [2.75, 3.05) is 26.2 Å². The second-order valence-corrected chi connectivity index (χ2v) is 8.30. The van der Waals surface area contributed by atoms with E-state index in [9.17, 15) is 19.8 Å². The van der Waals surface area contributed by atoms with Crippen molar-refractivity contribution in [2.24, 2.45) is 0 Å². The number of hydrogen-bond donors (Lipinski definition) is 2. The fraction of sp³-hybridized carbons (Fsp3) is 0.385. The monoisotopic (exact) mass is 452 g/mol. The molecule has 2 N–H and O–H groups in total. The van der Waals surface area contributed by atoms with Gasteiger partial charge in [0.15, 0.2) is 0 Å². The summed E-state index contributed by atoms with van der Waals surface area (Å²) in [5, 5.41) is 20.9. The molecule has 0 radical (unpaired) electrons. The van der Waals surface area contributed by atoms with Gasteiger partial charge in [-0.05, 0) is 68.9 Å². The molecule has 2 aromatic rings. The van der Waals surface area contributed by atoms with Gasteiger partial charge in [-0.15, -0.1) is 0 Å². The normalized spacial score (nSPS) is 17.9. The van der Waals surface area contributed by atoms with E-state index in [4.69, 9.17) is 4.74 Å². The molecule has 1 saturated heterocycles. The van der Waals surface area contributed by atoms with Gasteiger partial charge in [-0.3, -0.25) is 9.59 Å². The maximum Gasteiger partial charge on any atom is 0.295 e. The Morgan fingerprint density at radius 2 is 1.64 bits per heavy atom. The van der Waals surface area contributed by atoms with Gasteiger partial charge in [0.1, 0.15) is 17.3 Å². The molecule has 0 unspecified atom stereocenters. The molecule has 1 fully saturated rings. The summed E-state index contributed by atoms with van der Waals surface area (Å²) in [4.78, 5) is 29.8. The summed E-state index contributed by atoms with van der Waals surface area (Å²) in [5.74, 6) is -0.849. The lowest BCUT2D eigenvalue weighted by atomic mass is 9.95. The zero-order chi connectivity index (χ0) is 24.1. The fourth-order valence-corrected chi connectivity index (χ4v) is 4.02. The molecule has 0 spiro atoms. The van der Waals surface area contributed by atoms with E-state index < -0.39 is 17.7 Å². The van der Waals surface area contributed by atoms with Crippen molar-refractivity contribution in [3.63, 3.8) is 0 Å². The number of nitrogens with zero attached hydrogens (tertiary/aromatic N) is 2. The molecule has 33 heavy (non-hydrogen) atoms. The van der Waals surface area contributed by atoms with E-state index in [1.807, 2.05) is 27.7 Å². The van der Waals surface area contributed by atoms with Crippen LogP contribution in [0.1, 0.15) is 44.9 Å². The Balaban J connectivity index is 2.04. The lowest BCUT2D eigenvalue weighted by Crippen LogP contribution is -2.38. The summed E-state index contributed by atoms with van der Waals surface area (Å²) in [6, 6.07) is 12.4. The first kappa shape index (κ1) is 24.3. The molecular formula is C26H32N2O5. The highest BCUT2D eigenvalue weighted by molar-refractivity contribution is 6.46. The van der Waals surface area contributed by atoms with Crippen molar-refractivity contribution in [1.82, 2.24) is 9.80 Å². The Hall–Kier alpha value is -3.32. The van der Waals surface area contributed by atoms with E-state index in [1.165, 1.54) is 17.0 Å². The number of phenolic OH excluding ortho intramolecular Hbond substituents is 1. The average Bonchev–Trinajstić information content (AvgIpc) is 3.05. The zero-order valence-corrected chi connectivity index (χ0v) is 19.6. The van der Waals surface area contributed by atoms with Crippen LogP contribution in [0, 0.1) is 0 Å². The van der Waals surface area contributed by atoms with E-state index in [1.54, 1.807) is 36.4 Å². The Kier molecular flexibility index (Phi) is 7.76. The smallest absolute Gasteiger partial charge is 0.295 e. The number of aliphatic hydroxyl groups excluding tert-OH is 1. The van der Waals surface area contributed by atoms with Crippen molar-refractivity contribution in [1.29, 1.82) is 0 Å². The molecule has 1 heterocycles. The van der Waals surface area contributed by atoms with Crippen molar-refractivity contribution < 1.29 is 24.5 Å². The number of ether oxygens (including phenoxy) is 1. The Labute approximate surface area is 194 Å². The summed E-state index contributed by atoms with van der Waals surface area (Å²) in [7, 11) is 0. The molecule has 0 aromatic heterocycles. The third-order valence-electron chi connectivity index (χ3n) is 5.80. The molecule has 2 aromatic carbocycles. The number of phenols is 1. The third kappa shape index (κ3) is 5.37. The topological polar surface area (TPSA) is 90.3 Å². The van der Waals surface area contributed by atoms with Gasteiger partial charge in [0, 0.05) is 18.7 Å². The number of aliphatic hydroxyl groups is 1. The first-order valence-corrected chi connectivity index (χ1v) is 11.3. The lowest BCUT2D eigenvalue weighted by Gasteiger charge is -2.28. The number of Topliss-reactive ketones (excluding diaryl/α,β-unsaturated/α-hetero) is 1. The molecule has 7 nitrogen and oxygen atoms in total. The van der Waals surface area contributed by atoms with Gasteiger partial charge in [-0.1, -0.05) is 26.0 Å². The number of ketones is 1. The Morgan fingerprint density at radius 3 is 2.18 bits per heavy atom. The predicted octanol–water partition coefficient (Wildman–Crippen LogP) is 3.94. The minimum atomic E-state index is -0.743. The van der Waals surface area contributed by atoms with Gasteiger partial charge in [0.2, 0.25) is 0 Å². The molecular weight excluding hydrogens is 420 g/mol. The van der Waals surface area contributed by atoms with Gasteiger partial charge >= 0.3 is 0 Å². The summed E-state index contributed by atoms with van der Waals surface area (Å²) in [6.45, 7) is 10.5. The standard InChI is InChI=1S/C26H32N2O5/c1-5-27(6-2)15-16-28-23(18-7-11-20(29)12-8-18)22(25(31)26(28)32)24(30)19-9-13-21(14-10-19)33-17(3)4/h7-14,17,23,29-30H,5-6,15-16H2,1-4H3/b24-22+/t23-/m1/s1. The fourth-order valence-electron chi connectivity index (χ4n) is 4.02. The van der Waals surface area contributed by atoms with Crippen LogP contribution in [-0.4, -0.2) is 64.0 Å². The highest BCUT2D eigenvalue weighted by Crippen LogP contribution is 2.39. The number of rotatable bonds is 9.